The molecular weight excluding hydrogens is 204 g/mol. The first-order valence-electron chi connectivity index (χ1n) is 5.46. The van der Waals surface area contributed by atoms with Crippen LogP contribution in [0.4, 0.5) is 0 Å². The maximum atomic E-state index is 10.5. The van der Waals surface area contributed by atoms with Crippen molar-refractivity contribution >= 4 is 5.97 Å². The molecule has 0 amide bonds. The van der Waals surface area contributed by atoms with Gasteiger partial charge < -0.3 is 9.84 Å². The van der Waals surface area contributed by atoms with Gasteiger partial charge in [0.25, 0.3) is 0 Å². The van der Waals surface area contributed by atoms with Gasteiger partial charge >= 0.3 is 5.97 Å². The van der Waals surface area contributed by atoms with Gasteiger partial charge in [0.2, 0.25) is 0 Å². The van der Waals surface area contributed by atoms with Gasteiger partial charge in [-0.05, 0) is 23.5 Å². The minimum absolute atomic E-state index is 0.290. The van der Waals surface area contributed by atoms with Gasteiger partial charge in [-0.2, -0.15) is 0 Å². The van der Waals surface area contributed by atoms with Crippen molar-refractivity contribution in [2.45, 2.75) is 26.7 Å². The molecule has 1 atom stereocenters. The second-order valence-electron chi connectivity index (χ2n) is 4.25. The maximum Gasteiger partial charge on any atom is 0.341 e. The smallest absolute Gasteiger partial charge is 0.341 e. The summed E-state index contributed by atoms with van der Waals surface area (Å²) in [4.78, 5) is 10.5. The summed E-state index contributed by atoms with van der Waals surface area (Å²) in [5.74, 6) is 0.567. The largest absolute Gasteiger partial charge is 0.482 e. The summed E-state index contributed by atoms with van der Waals surface area (Å²) in [5, 5.41) is 8.59. The van der Waals surface area contributed by atoms with Crippen LogP contribution in [0.5, 0.6) is 5.75 Å². The van der Waals surface area contributed by atoms with E-state index in [0.29, 0.717) is 17.6 Å². The van der Waals surface area contributed by atoms with Crippen LogP contribution in [0.2, 0.25) is 0 Å². The zero-order valence-electron chi connectivity index (χ0n) is 9.93. The lowest BCUT2D eigenvalue weighted by molar-refractivity contribution is -0.139. The van der Waals surface area contributed by atoms with E-state index < -0.39 is 5.97 Å². The Bertz CT molecular complexity index is 358. The van der Waals surface area contributed by atoms with Crippen molar-refractivity contribution in [3.63, 3.8) is 0 Å². The van der Waals surface area contributed by atoms with Crippen LogP contribution >= 0.6 is 0 Å². The standard InChI is InChI=1S/C13H18O3/c1-9(2)10(3)11-6-4-5-7-12(11)16-8-13(14)15/h4-7,9-10H,8H2,1-3H3,(H,14,15). The summed E-state index contributed by atoms with van der Waals surface area (Å²) < 4.78 is 5.27. The van der Waals surface area contributed by atoms with Gasteiger partial charge in [0.05, 0.1) is 0 Å². The Balaban J connectivity index is 2.87. The Morgan fingerprint density at radius 1 is 1.31 bits per heavy atom. The highest BCUT2D eigenvalue weighted by atomic mass is 16.5. The van der Waals surface area contributed by atoms with Crippen molar-refractivity contribution in [3.8, 4) is 5.75 Å². The van der Waals surface area contributed by atoms with Gasteiger partial charge in [-0.15, -0.1) is 0 Å². The van der Waals surface area contributed by atoms with Crippen molar-refractivity contribution in [1.82, 2.24) is 0 Å². The molecule has 0 aliphatic carbocycles. The highest BCUT2D eigenvalue weighted by Crippen LogP contribution is 2.31. The third-order valence-electron chi connectivity index (χ3n) is 2.76. The van der Waals surface area contributed by atoms with Crippen LogP contribution in [0, 0.1) is 5.92 Å². The van der Waals surface area contributed by atoms with Crippen LogP contribution in [-0.4, -0.2) is 17.7 Å². The fourth-order valence-corrected chi connectivity index (χ4v) is 1.49. The molecule has 0 bridgehead atoms. The summed E-state index contributed by atoms with van der Waals surface area (Å²) in [6, 6.07) is 7.61. The lowest BCUT2D eigenvalue weighted by Crippen LogP contribution is -2.12. The maximum absolute atomic E-state index is 10.5. The third-order valence-corrected chi connectivity index (χ3v) is 2.76. The fraction of sp³-hybridized carbons (Fsp3) is 0.462. The van der Waals surface area contributed by atoms with Crippen LogP contribution in [-0.2, 0) is 4.79 Å². The molecule has 1 N–H and O–H groups in total. The van der Waals surface area contributed by atoms with E-state index in [1.54, 1.807) is 0 Å². The predicted octanol–water partition coefficient (Wildman–Crippen LogP) is 2.91. The van der Waals surface area contributed by atoms with E-state index in [1.165, 1.54) is 0 Å². The Kier molecular flexibility index (Phi) is 4.35. The molecule has 1 aromatic rings. The number of ether oxygens (including phenoxy) is 1. The van der Waals surface area contributed by atoms with E-state index >= 15 is 0 Å². The van der Waals surface area contributed by atoms with E-state index in [1.807, 2.05) is 24.3 Å². The molecule has 0 aliphatic rings. The SMILES string of the molecule is CC(C)C(C)c1ccccc1OCC(=O)O. The number of hydrogen-bond donors (Lipinski definition) is 1. The molecule has 0 saturated carbocycles. The average molecular weight is 222 g/mol. The monoisotopic (exact) mass is 222 g/mol. The van der Waals surface area contributed by atoms with Crippen molar-refractivity contribution < 1.29 is 14.6 Å². The van der Waals surface area contributed by atoms with Crippen LogP contribution in [0.3, 0.4) is 0 Å². The van der Waals surface area contributed by atoms with Gasteiger partial charge in [0, 0.05) is 0 Å². The number of carbonyl (C=O) groups is 1. The van der Waals surface area contributed by atoms with E-state index in [-0.39, 0.29) is 6.61 Å². The molecule has 0 aliphatic heterocycles. The summed E-state index contributed by atoms with van der Waals surface area (Å²) in [6.07, 6.45) is 0. The molecule has 0 radical (unpaired) electrons. The van der Waals surface area contributed by atoms with Gasteiger partial charge in [-0.25, -0.2) is 4.79 Å². The van der Waals surface area contributed by atoms with E-state index in [9.17, 15) is 4.79 Å². The number of benzene rings is 1. The summed E-state index contributed by atoms with van der Waals surface area (Å²) in [5.41, 5.74) is 1.07. The number of carboxylic acids is 1. The summed E-state index contributed by atoms with van der Waals surface area (Å²) >= 11 is 0. The van der Waals surface area contributed by atoms with E-state index in [0.717, 1.165) is 5.56 Å². The lowest BCUT2D eigenvalue weighted by atomic mass is 9.90. The summed E-state index contributed by atoms with van der Waals surface area (Å²) in [6.45, 7) is 6.10. The molecule has 3 nitrogen and oxygen atoms in total. The number of hydrogen-bond acceptors (Lipinski definition) is 2. The predicted molar refractivity (Wildman–Crippen MR) is 62.8 cm³/mol. The van der Waals surface area contributed by atoms with E-state index in [4.69, 9.17) is 9.84 Å². The molecular formula is C13H18O3. The van der Waals surface area contributed by atoms with Crippen LogP contribution in [0.1, 0.15) is 32.3 Å². The van der Waals surface area contributed by atoms with Gasteiger partial charge in [-0.1, -0.05) is 39.0 Å². The topological polar surface area (TPSA) is 46.5 Å². The molecule has 0 saturated heterocycles. The molecule has 88 valence electrons. The molecule has 1 aromatic carbocycles. The van der Waals surface area contributed by atoms with Crippen molar-refractivity contribution in [2.75, 3.05) is 6.61 Å². The van der Waals surface area contributed by atoms with Gasteiger partial charge in [0.1, 0.15) is 5.75 Å². The number of aliphatic carboxylic acids is 1. The Morgan fingerprint density at radius 2 is 1.94 bits per heavy atom. The lowest BCUT2D eigenvalue weighted by Gasteiger charge is -2.19. The van der Waals surface area contributed by atoms with Gasteiger partial charge in [-0.3, -0.25) is 0 Å². The second-order valence-corrected chi connectivity index (χ2v) is 4.25. The minimum atomic E-state index is -0.952. The normalized spacial score (nSPS) is 12.5. The minimum Gasteiger partial charge on any atom is -0.482 e. The number of carboxylic acid groups (broad SMARTS) is 1. The van der Waals surface area contributed by atoms with Crippen LogP contribution in [0.15, 0.2) is 24.3 Å². The molecule has 16 heavy (non-hydrogen) atoms. The second kappa shape index (κ2) is 5.54. The van der Waals surface area contributed by atoms with Crippen LogP contribution < -0.4 is 4.74 Å². The third kappa shape index (κ3) is 3.26. The molecule has 1 unspecified atom stereocenters. The van der Waals surface area contributed by atoms with Gasteiger partial charge in [0.15, 0.2) is 6.61 Å². The molecule has 0 aromatic heterocycles. The van der Waals surface area contributed by atoms with Crippen molar-refractivity contribution in [1.29, 1.82) is 0 Å². The molecule has 1 rings (SSSR count). The van der Waals surface area contributed by atoms with Crippen molar-refractivity contribution in [3.05, 3.63) is 29.8 Å². The molecule has 0 spiro atoms. The van der Waals surface area contributed by atoms with Crippen LogP contribution in [0.25, 0.3) is 0 Å². The zero-order valence-corrected chi connectivity index (χ0v) is 9.93. The number of rotatable bonds is 5. The Hall–Kier alpha value is -1.51. The first kappa shape index (κ1) is 12.6. The highest BCUT2D eigenvalue weighted by molar-refractivity contribution is 5.68. The quantitative estimate of drug-likeness (QED) is 0.833. The first-order valence-corrected chi connectivity index (χ1v) is 5.46. The van der Waals surface area contributed by atoms with E-state index in [2.05, 4.69) is 20.8 Å². The Morgan fingerprint density at radius 3 is 2.50 bits per heavy atom. The summed E-state index contributed by atoms with van der Waals surface area (Å²) in [7, 11) is 0. The fourth-order valence-electron chi connectivity index (χ4n) is 1.49. The molecule has 0 fully saturated rings. The van der Waals surface area contributed by atoms with Crippen molar-refractivity contribution in [2.24, 2.45) is 5.92 Å². The molecule has 3 heteroatoms. The number of para-hydroxylation sites is 1. The first-order chi connectivity index (χ1) is 7.52. The Labute approximate surface area is 96.1 Å². The highest BCUT2D eigenvalue weighted by Gasteiger charge is 2.15. The zero-order chi connectivity index (χ0) is 12.1. The average Bonchev–Trinajstić information content (AvgIpc) is 2.25. The molecule has 0 heterocycles.